The Labute approximate surface area is 213 Å². The molecule has 0 spiro atoms. The third kappa shape index (κ3) is 6.38. The Hall–Kier alpha value is -4.09. The van der Waals surface area contributed by atoms with Crippen molar-refractivity contribution in [3.05, 3.63) is 77.6 Å². The smallest absolute Gasteiger partial charge is 0.271 e. The van der Waals surface area contributed by atoms with E-state index in [1.807, 2.05) is 13.8 Å². The quantitative estimate of drug-likeness (QED) is 0.428. The maximum atomic E-state index is 13.4. The van der Waals surface area contributed by atoms with E-state index in [-0.39, 0.29) is 11.4 Å². The topological polar surface area (TPSA) is 132 Å². The first-order valence-corrected chi connectivity index (χ1v) is 11.8. The van der Waals surface area contributed by atoms with Crippen LogP contribution in [0.25, 0.3) is 5.69 Å². The number of nitrogens with two attached hydrogens (primary N) is 1. The summed E-state index contributed by atoms with van der Waals surface area (Å²) in [5, 5.41) is 5.73. The van der Waals surface area contributed by atoms with Crippen LogP contribution in [0.3, 0.4) is 0 Å². The van der Waals surface area contributed by atoms with E-state index in [0.29, 0.717) is 36.7 Å². The van der Waals surface area contributed by atoms with E-state index in [2.05, 4.69) is 20.5 Å². The van der Waals surface area contributed by atoms with Crippen molar-refractivity contribution < 1.29 is 23.5 Å². The molecule has 1 aliphatic rings. The minimum absolute atomic E-state index is 0.0191. The molecule has 37 heavy (non-hydrogen) atoms. The molecule has 1 aliphatic heterocycles. The van der Waals surface area contributed by atoms with E-state index < -0.39 is 29.1 Å². The first kappa shape index (κ1) is 26.0. The summed E-state index contributed by atoms with van der Waals surface area (Å²) < 4.78 is 20.0. The third-order valence-electron chi connectivity index (χ3n) is 5.90. The largest absolute Gasteiger partial charge is 0.379 e. The molecule has 1 fully saturated rings. The SMILES string of the molecule is CC(C)(CN1CCOCC1)NC(=O)c1c(C(N)=O)ncn1-c1ccc(NC(=O)c2ccc(F)cc2)cc1. The first-order valence-electron chi connectivity index (χ1n) is 11.8. The number of ether oxygens (including phenoxy) is 1. The fourth-order valence-corrected chi connectivity index (χ4v) is 4.18. The molecule has 0 bridgehead atoms. The van der Waals surface area contributed by atoms with Gasteiger partial charge in [-0.15, -0.1) is 0 Å². The Morgan fingerprint density at radius 2 is 1.68 bits per heavy atom. The number of carbonyl (C=O) groups is 3. The summed E-state index contributed by atoms with van der Waals surface area (Å²) in [5.74, 6) is -2.13. The van der Waals surface area contributed by atoms with Crippen molar-refractivity contribution in [1.29, 1.82) is 0 Å². The standard InChI is InChI=1S/C26H29FN6O4/c1-26(2,15-32-11-13-37-14-12-32)31-25(36)22-21(23(28)34)29-16-33(22)20-9-7-19(8-10-20)30-24(35)17-3-5-18(27)6-4-17/h3-10,16H,11-15H2,1-2H3,(H2,28,34)(H,30,35)(H,31,36). The van der Waals surface area contributed by atoms with E-state index in [0.717, 1.165) is 13.1 Å². The molecule has 4 N–H and O–H groups in total. The molecule has 3 aromatic rings. The molecule has 0 atom stereocenters. The maximum Gasteiger partial charge on any atom is 0.271 e. The van der Waals surface area contributed by atoms with Gasteiger partial charge in [0, 0.05) is 42.1 Å². The lowest BCUT2D eigenvalue weighted by Gasteiger charge is -2.35. The Morgan fingerprint density at radius 1 is 1.03 bits per heavy atom. The third-order valence-corrected chi connectivity index (χ3v) is 5.90. The maximum absolute atomic E-state index is 13.4. The number of aromatic nitrogens is 2. The van der Waals surface area contributed by atoms with Crippen molar-refractivity contribution in [2.75, 3.05) is 38.2 Å². The van der Waals surface area contributed by atoms with Gasteiger partial charge in [0.15, 0.2) is 5.69 Å². The summed E-state index contributed by atoms with van der Waals surface area (Å²) in [5.41, 5.74) is 6.12. The average Bonchev–Trinajstić information content (AvgIpc) is 3.31. The number of imidazole rings is 1. The number of primary amides is 1. The summed E-state index contributed by atoms with van der Waals surface area (Å²) in [7, 11) is 0. The molecular weight excluding hydrogens is 479 g/mol. The van der Waals surface area contributed by atoms with Crippen LogP contribution in [0, 0.1) is 5.82 Å². The number of nitrogens with one attached hydrogen (secondary N) is 2. The lowest BCUT2D eigenvalue weighted by Crippen LogP contribution is -2.54. The van der Waals surface area contributed by atoms with Gasteiger partial charge in [-0.3, -0.25) is 23.9 Å². The van der Waals surface area contributed by atoms with Crippen LogP contribution in [-0.2, 0) is 4.74 Å². The Balaban J connectivity index is 1.52. The van der Waals surface area contributed by atoms with E-state index in [4.69, 9.17) is 10.5 Å². The highest BCUT2D eigenvalue weighted by Crippen LogP contribution is 2.20. The summed E-state index contributed by atoms with van der Waals surface area (Å²) in [6.07, 6.45) is 1.36. The lowest BCUT2D eigenvalue weighted by molar-refractivity contribution is 0.0268. The number of benzene rings is 2. The summed E-state index contributed by atoms with van der Waals surface area (Å²) in [6, 6.07) is 11.8. The molecule has 194 valence electrons. The number of rotatable bonds is 8. The van der Waals surface area contributed by atoms with Gasteiger partial charge in [0.25, 0.3) is 17.7 Å². The van der Waals surface area contributed by atoms with Crippen molar-refractivity contribution in [2.24, 2.45) is 5.73 Å². The van der Waals surface area contributed by atoms with Crippen molar-refractivity contribution in [3.8, 4) is 5.69 Å². The molecular formula is C26H29FN6O4. The lowest BCUT2D eigenvalue weighted by atomic mass is 10.0. The van der Waals surface area contributed by atoms with E-state index >= 15 is 0 Å². The normalized spacial score (nSPS) is 14.2. The number of carbonyl (C=O) groups excluding carboxylic acids is 3. The Kier molecular flexibility index (Phi) is 7.65. The van der Waals surface area contributed by atoms with Crippen LogP contribution >= 0.6 is 0 Å². The van der Waals surface area contributed by atoms with Gasteiger partial charge in [0.1, 0.15) is 17.8 Å². The highest BCUT2D eigenvalue weighted by molar-refractivity contribution is 6.05. The average molecular weight is 509 g/mol. The van der Waals surface area contributed by atoms with Gasteiger partial charge in [0.05, 0.1) is 13.2 Å². The zero-order valence-electron chi connectivity index (χ0n) is 20.7. The predicted molar refractivity (Wildman–Crippen MR) is 135 cm³/mol. The number of halogens is 1. The number of nitrogens with zero attached hydrogens (tertiary/aromatic N) is 3. The summed E-state index contributed by atoms with van der Waals surface area (Å²) in [6.45, 7) is 7.24. The zero-order valence-corrected chi connectivity index (χ0v) is 20.7. The number of hydrogen-bond acceptors (Lipinski definition) is 6. The molecule has 10 nitrogen and oxygen atoms in total. The van der Waals surface area contributed by atoms with Crippen molar-refractivity contribution in [1.82, 2.24) is 19.8 Å². The second-order valence-corrected chi connectivity index (χ2v) is 9.41. The second-order valence-electron chi connectivity index (χ2n) is 9.41. The minimum Gasteiger partial charge on any atom is -0.379 e. The van der Waals surface area contributed by atoms with Crippen LogP contribution in [0.4, 0.5) is 10.1 Å². The summed E-state index contributed by atoms with van der Waals surface area (Å²) >= 11 is 0. The van der Waals surface area contributed by atoms with Gasteiger partial charge in [0.2, 0.25) is 0 Å². The molecule has 0 unspecified atom stereocenters. The minimum atomic E-state index is -0.821. The molecule has 1 aromatic heterocycles. The number of morpholine rings is 1. The van der Waals surface area contributed by atoms with Crippen molar-refractivity contribution >= 4 is 23.4 Å². The molecule has 0 aliphatic carbocycles. The fraction of sp³-hybridized carbons (Fsp3) is 0.308. The number of hydrogen-bond donors (Lipinski definition) is 3. The molecule has 3 amide bonds. The van der Waals surface area contributed by atoms with Gasteiger partial charge in [-0.25, -0.2) is 9.37 Å². The van der Waals surface area contributed by atoms with Gasteiger partial charge >= 0.3 is 0 Å². The summed E-state index contributed by atoms with van der Waals surface area (Å²) in [4.78, 5) is 44.1. The van der Waals surface area contributed by atoms with Crippen LogP contribution in [0.15, 0.2) is 54.9 Å². The molecule has 2 heterocycles. The van der Waals surface area contributed by atoms with Crippen LogP contribution in [0.5, 0.6) is 0 Å². The molecule has 4 rings (SSSR count). The molecule has 2 aromatic carbocycles. The van der Waals surface area contributed by atoms with E-state index in [1.165, 1.54) is 35.2 Å². The van der Waals surface area contributed by atoms with Crippen LogP contribution in [0.1, 0.15) is 45.2 Å². The molecule has 0 saturated carbocycles. The molecule has 0 radical (unpaired) electrons. The number of amides is 3. The predicted octanol–water partition coefficient (Wildman–Crippen LogP) is 2.20. The first-order chi connectivity index (χ1) is 17.6. The van der Waals surface area contributed by atoms with Gasteiger partial charge < -0.3 is 21.1 Å². The fourth-order valence-electron chi connectivity index (χ4n) is 4.18. The van der Waals surface area contributed by atoms with Gasteiger partial charge in [-0.05, 0) is 62.4 Å². The second kappa shape index (κ2) is 10.9. The van der Waals surface area contributed by atoms with E-state index in [1.54, 1.807) is 24.3 Å². The van der Waals surface area contributed by atoms with Crippen molar-refractivity contribution in [2.45, 2.75) is 19.4 Å². The molecule has 1 saturated heterocycles. The highest BCUT2D eigenvalue weighted by atomic mass is 19.1. The van der Waals surface area contributed by atoms with Gasteiger partial charge in [-0.1, -0.05) is 0 Å². The Bertz CT molecular complexity index is 1280. The van der Waals surface area contributed by atoms with Crippen LogP contribution < -0.4 is 16.4 Å². The number of anilines is 1. The van der Waals surface area contributed by atoms with Crippen molar-refractivity contribution in [3.63, 3.8) is 0 Å². The van der Waals surface area contributed by atoms with E-state index in [9.17, 15) is 18.8 Å². The highest BCUT2D eigenvalue weighted by Gasteiger charge is 2.30. The Morgan fingerprint density at radius 3 is 2.30 bits per heavy atom. The van der Waals surface area contributed by atoms with Crippen LogP contribution in [0.2, 0.25) is 0 Å². The molecule has 11 heteroatoms. The zero-order chi connectivity index (χ0) is 26.6. The monoisotopic (exact) mass is 508 g/mol. The van der Waals surface area contributed by atoms with Crippen LogP contribution in [-0.4, -0.2) is 70.6 Å². The van der Waals surface area contributed by atoms with Gasteiger partial charge in [-0.2, -0.15) is 0 Å².